The van der Waals surface area contributed by atoms with Crippen molar-refractivity contribution >= 4 is 60.5 Å². The second kappa shape index (κ2) is 14.2. The van der Waals surface area contributed by atoms with E-state index in [-0.39, 0.29) is 24.0 Å². The van der Waals surface area contributed by atoms with Crippen LogP contribution in [0.15, 0.2) is 53.4 Å². The molecule has 48 heavy (non-hydrogen) atoms. The Labute approximate surface area is 288 Å². The van der Waals surface area contributed by atoms with E-state index in [4.69, 9.17) is 19.2 Å². The molecule has 0 radical (unpaired) electrons. The lowest BCUT2D eigenvalue weighted by Crippen LogP contribution is -2.39. The van der Waals surface area contributed by atoms with Gasteiger partial charge in [-0.05, 0) is 59.8 Å². The lowest BCUT2D eigenvalue weighted by Gasteiger charge is -2.37. The highest BCUT2D eigenvalue weighted by Gasteiger charge is 2.37. The third kappa shape index (κ3) is 7.31. The largest absolute Gasteiger partial charge is 0.508 e. The second-order valence-electron chi connectivity index (χ2n) is 11.9. The zero-order valence-electron chi connectivity index (χ0n) is 27.1. The summed E-state index contributed by atoms with van der Waals surface area (Å²) < 4.78 is 44.3. The van der Waals surface area contributed by atoms with Crippen molar-refractivity contribution in [3.05, 3.63) is 53.4 Å². The molecule has 4 N–H and O–H groups in total. The van der Waals surface area contributed by atoms with E-state index in [9.17, 15) is 13.5 Å². The predicted molar refractivity (Wildman–Crippen MR) is 188 cm³/mol. The summed E-state index contributed by atoms with van der Waals surface area (Å²) in [5, 5.41) is 23.9. The SMILES string of the molecule is COc1cc(N2CCC(C(OC)OC)CC2)c(-c2cn[nH]c2)cc1Nc1ncc(Br)c(Nc2ccc(O)cc2N(C2CC2)S(C)(=O)=O)n1. The van der Waals surface area contributed by atoms with Gasteiger partial charge in [-0.3, -0.25) is 9.40 Å². The van der Waals surface area contributed by atoms with Crippen LogP contribution < -0.4 is 24.6 Å². The van der Waals surface area contributed by atoms with Crippen LogP contribution in [0.2, 0.25) is 0 Å². The van der Waals surface area contributed by atoms with E-state index in [1.165, 1.54) is 22.7 Å². The summed E-state index contributed by atoms with van der Waals surface area (Å²) in [4.78, 5) is 11.5. The van der Waals surface area contributed by atoms with Crippen LogP contribution in [0.4, 0.5) is 34.5 Å². The second-order valence-corrected chi connectivity index (χ2v) is 14.6. The molecule has 2 fully saturated rings. The van der Waals surface area contributed by atoms with Crippen molar-refractivity contribution in [3.8, 4) is 22.6 Å². The number of anilines is 6. The quantitative estimate of drug-likeness (QED) is 0.0992. The van der Waals surface area contributed by atoms with Gasteiger partial charge in [-0.25, -0.2) is 13.4 Å². The van der Waals surface area contributed by atoms with E-state index >= 15 is 0 Å². The number of aromatic nitrogens is 4. The van der Waals surface area contributed by atoms with E-state index in [1.807, 2.05) is 18.3 Å². The molecule has 256 valence electrons. The lowest BCUT2D eigenvalue weighted by molar-refractivity contribution is -0.141. The highest BCUT2D eigenvalue weighted by molar-refractivity contribution is 9.10. The van der Waals surface area contributed by atoms with Gasteiger partial charge in [-0.2, -0.15) is 10.1 Å². The molecular weight excluding hydrogens is 704 g/mol. The van der Waals surface area contributed by atoms with Crippen LogP contribution in [-0.2, 0) is 19.5 Å². The highest BCUT2D eigenvalue weighted by Crippen LogP contribution is 2.43. The fourth-order valence-electron chi connectivity index (χ4n) is 6.15. The molecule has 0 atom stereocenters. The number of phenols is 1. The molecule has 0 bridgehead atoms. The normalized spacial score (nSPS) is 15.5. The van der Waals surface area contributed by atoms with Gasteiger partial charge in [0.05, 0.1) is 41.1 Å². The fraction of sp³-hybridized carbons (Fsp3) is 0.406. The van der Waals surface area contributed by atoms with Crippen molar-refractivity contribution in [2.75, 3.05) is 60.5 Å². The molecule has 2 aromatic carbocycles. The minimum atomic E-state index is -3.61. The molecule has 0 spiro atoms. The van der Waals surface area contributed by atoms with Crippen LogP contribution in [0.1, 0.15) is 25.7 Å². The summed E-state index contributed by atoms with van der Waals surface area (Å²) in [7, 11) is 1.36. The Bertz CT molecular complexity index is 1850. The average molecular weight is 744 g/mol. The molecule has 3 heterocycles. The van der Waals surface area contributed by atoms with Crippen molar-refractivity contribution in [3.63, 3.8) is 0 Å². The van der Waals surface area contributed by atoms with E-state index in [0.717, 1.165) is 55.6 Å². The standard InChI is InChI=1S/C32H39BrN8O6S/c1-45-29-15-27(40-11-9-19(10-12-40)31(46-2)47-3)23(20-16-35-36-17-20)14-26(29)38-32-34-18-24(33)30(39-32)37-25-8-7-22(42)13-28(25)41(21-5-6-21)48(4,43)44/h7-8,13-19,21,31,42H,5-6,9-12H2,1-4H3,(H,35,36)(H2,34,37,38,39). The minimum absolute atomic E-state index is 0.0450. The van der Waals surface area contributed by atoms with Crippen LogP contribution in [0.25, 0.3) is 11.1 Å². The first-order valence-corrected chi connectivity index (χ1v) is 18.1. The molecule has 6 rings (SSSR count). The number of nitrogens with zero attached hydrogens (tertiary/aromatic N) is 5. The number of ether oxygens (including phenoxy) is 3. The Kier molecular flexibility index (Phi) is 9.96. The number of piperidine rings is 1. The molecule has 2 aliphatic rings. The summed E-state index contributed by atoms with van der Waals surface area (Å²) in [6.45, 7) is 1.63. The number of aromatic hydroxyl groups is 1. The van der Waals surface area contributed by atoms with Crippen LogP contribution >= 0.6 is 15.9 Å². The molecular formula is C32H39BrN8O6S. The Balaban J connectivity index is 1.30. The van der Waals surface area contributed by atoms with Gasteiger partial charge in [0, 0.05) is 80.6 Å². The van der Waals surface area contributed by atoms with Gasteiger partial charge in [0.2, 0.25) is 16.0 Å². The molecule has 1 saturated heterocycles. The number of sulfonamides is 1. The number of hydrogen-bond donors (Lipinski definition) is 4. The van der Waals surface area contributed by atoms with Gasteiger partial charge in [-0.15, -0.1) is 0 Å². The molecule has 4 aromatic rings. The summed E-state index contributed by atoms with van der Waals surface area (Å²) in [6.07, 6.45) is 9.47. The van der Waals surface area contributed by atoms with E-state index in [1.54, 1.807) is 39.8 Å². The molecule has 14 nitrogen and oxygen atoms in total. The molecule has 1 aliphatic carbocycles. The van der Waals surface area contributed by atoms with Gasteiger partial charge < -0.3 is 34.9 Å². The number of nitrogens with one attached hydrogen (secondary N) is 3. The number of rotatable bonds is 13. The summed E-state index contributed by atoms with van der Waals surface area (Å²) >= 11 is 3.52. The van der Waals surface area contributed by atoms with Gasteiger partial charge in [0.1, 0.15) is 17.3 Å². The summed E-state index contributed by atoms with van der Waals surface area (Å²) in [6, 6.07) is 8.40. The first-order chi connectivity index (χ1) is 23.1. The molecule has 1 saturated carbocycles. The fourth-order valence-corrected chi connectivity index (χ4v) is 7.70. The number of halogens is 1. The monoisotopic (exact) mass is 742 g/mol. The Morgan fingerprint density at radius 1 is 1.04 bits per heavy atom. The van der Waals surface area contributed by atoms with Crippen LogP contribution in [-0.4, -0.2) is 86.7 Å². The molecule has 16 heteroatoms. The number of phenolic OH excluding ortho intramolecular Hbond substituents is 1. The van der Waals surface area contributed by atoms with E-state index in [0.29, 0.717) is 39.0 Å². The van der Waals surface area contributed by atoms with Crippen molar-refractivity contribution in [1.29, 1.82) is 0 Å². The first-order valence-electron chi connectivity index (χ1n) is 15.5. The van der Waals surface area contributed by atoms with E-state index in [2.05, 4.69) is 46.6 Å². The predicted octanol–water partition coefficient (Wildman–Crippen LogP) is 5.59. The van der Waals surface area contributed by atoms with Gasteiger partial charge in [-0.1, -0.05) is 0 Å². The maximum Gasteiger partial charge on any atom is 0.232 e. The van der Waals surface area contributed by atoms with Gasteiger partial charge in [0.25, 0.3) is 0 Å². The maximum atomic E-state index is 12.8. The number of H-pyrrole nitrogens is 1. The van der Waals surface area contributed by atoms with Crippen molar-refractivity contribution in [2.45, 2.75) is 38.0 Å². The number of methoxy groups -OCH3 is 3. The summed E-state index contributed by atoms with van der Waals surface area (Å²) in [5.74, 6) is 1.52. The molecule has 2 aromatic heterocycles. The topological polar surface area (TPSA) is 167 Å². The maximum absolute atomic E-state index is 12.8. The Hall–Kier alpha value is -4.12. The van der Waals surface area contributed by atoms with Gasteiger partial charge >= 0.3 is 0 Å². The zero-order chi connectivity index (χ0) is 34.0. The van der Waals surface area contributed by atoms with Crippen molar-refractivity contribution in [1.82, 2.24) is 20.2 Å². The zero-order valence-corrected chi connectivity index (χ0v) is 29.5. The average Bonchev–Trinajstić information content (AvgIpc) is 3.73. The third-order valence-corrected chi connectivity index (χ3v) is 10.3. The van der Waals surface area contributed by atoms with E-state index < -0.39 is 10.0 Å². The van der Waals surface area contributed by atoms with Gasteiger partial charge in [0.15, 0.2) is 6.29 Å². The molecule has 0 unspecified atom stereocenters. The number of benzene rings is 2. The van der Waals surface area contributed by atoms with Crippen LogP contribution in [0.5, 0.6) is 11.5 Å². The van der Waals surface area contributed by atoms with Crippen molar-refractivity contribution < 1.29 is 27.7 Å². The summed E-state index contributed by atoms with van der Waals surface area (Å²) in [5.41, 5.74) is 4.31. The first kappa shape index (κ1) is 33.8. The Morgan fingerprint density at radius 3 is 2.42 bits per heavy atom. The number of aromatic amines is 1. The lowest BCUT2D eigenvalue weighted by atomic mass is 9.94. The van der Waals surface area contributed by atoms with Crippen molar-refractivity contribution in [2.24, 2.45) is 5.92 Å². The minimum Gasteiger partial charge on any atom is -0.508 e. The highest BCUT2D eigenvalue weighted by atomic mass is 79.9. The smallest absolute Gasteiger partial charge is 0.232 e. The van der Waals surface area contributed by atoms with Crippen LogP contribution in [0, 0.1) is 5.92 Å². The molecule has 1 aliphatic heterocycles. The van der Waals surface area contributed by atoms with Crippen LogP contribution in [0.3, 0.4) is 0 Å². The number of hydrogen-bond acceptors (Lipinski definition) is 12. The third-order valence-electron chi connectivity index (χ3n) is 8.56. The molecule has 0 amide bonds. The Morgan fingerprint density at radius 2 is 1.79 bits per heavy atom.